The molecule has 0 radical (unpaired) electrons. The zero-order chi connectivity index (χ0) is 30.5. The van der Waals surface area contributed by atoms with E-state index in [1.54, 1.807) is 18.2 Å². The first-order valence-corrected chi connectivity index (χ1v) is 16.3. The van der Waals surface area contributed by atoms with Crippen LogP contribution in [0, 0.1) is 17.2 Å². The van der Waals surface area contributed by atoms with Gasteiger partial charge in [0.05, 0.1) is 21.5 Å². The molecule has 2 aliphatic carbocycles. The number of likely N-dealkylation sites (N-methyl/N-ethyl adjacent to an activating group) is 1. The summed E-state index contributed by atoms with van der Waals surface area (Å²) in [4.78, 5) is 46.9. The van der Waals surface area contributed by atoms with Crippen LogP contribution in [0.25, 0.3) is 0 Å². The van der Waals surface area contributed by atoms with E-state index in [4.69, 9.17) is 23.2 Å². The topological polar surface area (TPSA) is 60.9 Å². The van der Waals surface area contributed by atoms with E-state index in [0.29, 0.717) is 61.9 Å². The van der Waals surface area contributed by atoms with E-state index in [2.05, 4.69) is 0 Å². The van der Waals surface area contributed by atoms with Crippen LogP contribution in [-0.4, -0.2) is 71.7 Å². The first-order chi connectivity index (χ1) is 20.5. The Kier molecular flexibility index (Phi) is 8.27. The third kappa shape index (κ3) is 5.68. The second-order valence-corrected chi connectivity index (χ2v) is 14.2. The van der Waals surface area contributed by atoms with Crippen LogP contribution < -0.4 is 0 Å². The van der Waals surface area contributed by atoms with Crippen LogP contribution in [0.5, 0.6) is 0 Å². The van der Waals surface area contributed by atoms with E-state index in [0.717, 1.165) is 36.8 Å². The number of piperidine rings is 1. The Balaban J connectivity index is 1.23. The summed E-state index contributed by atoms with van der Waals surface area (Å²) < 4.78 is 13.8. The predicted octanol–water partition coefficient (Wildman–Crippen LogP) is 6.44. The zero-order valence-electron chi connectivity index (χ0n) is 25.0. The summed E-state index contributed by atoms with van der Waals surface area (Å²) in [5.41, 5.74) is 0.879. The summed E-state index contributed by atoms with van der Waals surface area (Å²) in [6, 6.07) is 11.6. The average Bonchev–Trinajstić information content (AvgIpc) is 3.38. The number of hydrogen-bond acceptors (Lipinski definition) is 3. The van der Waals surface area contributed by atoms with Gasteiger partial charge in [-0.2, -0.15) is 0 Å². The molecule has 2 heterocycles. The van der Waals surface area contributed by atoms with Gasteiger partial charge < -0.3 is 14.7 Å². The van der Waals surface area contributed by atoms with Gasteiger partial charge in [-0.15, -0.1) is 0 Å². The first-order valence-electron chi connectivity index (χ1n) is 15.6. The van der Waals surface area contributed by atoms with Gasteiger partial charge in [0.25, 0.3) is 0 Å². The fourth-order valence-corrected chi connectivity index (χ4v) is 7.97. The van der Waals surface area contributed by atoms with Crippen molar-refractivity contribution < 1.29 is 18.8 Å². The molecule has 0 aromatic heterocycles. The number of carbonyl (C=O) groups excluding carboxylic acids is 3. The van der Waals surface area contributed by atoms with Gasteiger partial charge in [-0.3, -0.25) is 14.4 Å². The fraction of sp³-hybridized carbons (Fsp3) is 0.559. The number of nitrogens with zero attached hydrogens (tertiary/aromatic N) is 3. The molecular formula is C34H40Cl2FN3O3. The van der Waals surface area contributed by atoms with Crippen molar-refractivity contribution in [3.8, 4) is 0 Å². The van der Waals surface area contributed by atoms with Crippen molar-refractivity contribution in [2.45, 2.75) is 75.7 Å². The van der Waals surface area contributed by atoms with Gasteiger partial charge in [0, 0.05) is 50.5 Å². The van der Waals surface area contributed by atoms with E-state index in [1.807, 2.05) is 40.8 Å². The Morgan fingerprint density at radius 2 is 1.53 bits per heavy atom. The van der Waals surface area contributed by atoms with Gasteiger partial charge in [-0.05, 0) is 73.9 Å². The smallest absolute Gasteiger partial charge is 0.233 e. The molecule has 4 fully saturated rings. The Morgan fingerprint density at radius 3 is 2.14 bits per heavy atom. The SMILES string of the molecule is CN(C(=O)C1(c2ccc(F)cc2)CCCC1)C1CN(C(=O)C2CCN(C(=O)C3(C)CC3)CC2)CC1c1ccc(Cl)c(Cl)c1. The molecule has 2 aliphatic heterocycles. The number of carbonyl (C=O) groups is 3. The Labute approximate surface area is 263 Å². The quantitative estimate of drug-likeness (QED) is 0.370. The summed E-state index contributed by atoms with van der Waals surface area (Å²) in [5, 5.41) is 0.900. The van der Waals surface area contributed by atoms with Crippen LogP contribution in [0.15, 0.2) is 42.5 Å². The molecular weight excluding hydrogens is 588 g/mol. The molecule has 0 spiro atoms. The third-order valence-electron chi connectivity index (χ3n) is 10.7. The third-order valence-corrected chi connectivity index (χ3v) is 11.4. The average molecular weight is 629 g/mol. The summed E-state index contributed by atoms with van der Waals surface area (Å²) in [6.45, 7) is 4.14. The van der Waals surface area contributed by atoms with E-state index < -0.39 is 5.41 Å². The van der Waals surface area contributed by atoms with E-state index in [-0.39, 0.29) is 46.8 Å². The molecule has 3 amide bonds. The fourth-order valence-electron chi connectivity index (χ4n) is 7.66. The largest absolute Gasteiger partial charge is 0.342 e. The molecule has 2 aromatic carbocycles. The van der Waals surface area contributed by atoms with Gasteiger partial charge in [0.15, 0.2) is 0 Å². The standard InChI is InChI=1S/C34H40Cl2FN3O3/c1-33(15-16-33)31(42)39-17-11-22(12-18-39)30(41)40-20-26(23-5-10-27(35)28(36)19-23)29(21-40)38(2)32(43)34(13-3-4-14-34)24-6-8-25(37)9-7-24/h5-10,19,22,26,29H,3-4,11-18,20-21H2,1-2H3. The van der Waals surface area contributed by atoms with Crippen LogP contribution in [0.2, 0.25) is 10.0 Å². The maximum atomic E-state index is 14.4. The lowest BCUT2D eigenvalue weighted by atomic mass is 9.77. The van der Waals surface area contributed by atoms with Crippen LogP contribution >= 0.6 is 23.2 Å². The van der Waals surface area contributed by atoms with Crippen LogP contribution in [-0.2, 0) is 19.8 Å². The maximum Gasteiger partial charge on any atom is 0.233 e. The molecule has 2 atom stereocenters. The predicted molar refractivity (Wildman–Crippen MR) is 166 cm³/mol. The second kappa shape index (κ2) is 11.7. The number of likely N-dealkylation sites (tertiary alicyclic amines) is 2. The van der Waals surface area contributed by atoms with Gasteiger partial charge in [0.2, 0.25) is 17.7 Å². The second-order valence-electron chi connectivity index (χ2n) is 13.4. The zero-order valence-corrected chi connectivity index (χ0v) is 26.5. The minimum atomic E-state index is -0.709. The normalized spacial score (nSPS) is 24.7. The minimum Gasteiger partial charge on any atom is -0.342 e. The number of amides is 3. The highest BCUT2D eigenvalue weighted by Crippen LogP contribution is 2.47. The molecule has 2 aromatic rings. The molecule has 2 saturated heterocycles. The molecule has 230 valence electrons. The maximum absolute atomic E-state index is 14.4. The lowest BCUT2D eigenvalue weighted by Gasteiger charge is -2.38. The van der Waals surface area contributed by atoms with E-state index in [1.165, 1.54) is 12.1 Å². The summed E-state index contributed by atoms with van der Waals surface area (Å²) in [7, 11) is 1.84. The van der Waals surface area contributed by atoms with Crippen molar-refractivity contribution in [3.05, 3.63) is 69.5 Å². The molecule has 0 N–H and O–H groups in total. The molecule has 4 aliphatic rings. The summed E-state index contributed by atoms with van der Waals surface area (Å²) >= 11 is 12.7. The Bertz CT molecular complexity index is 1400. The van der Waals surface area contributed by atoms with Crippen molar-refractivity contribution in [3.63, 3.8) is 0 Å². The highest BCUT2D eigenvalue weighted by atomic mass is 35.5. The van der Waals surface area contributed by atoms with Gasteiger partial charge in [-0.25, -0.2) is 4.39 Å². The lowest BCUT2D eigenvalue weighted by molar-refractivity contribution is -0.143. The minimum absolute atomic E-state index is 0.0151. The van der Waals surface area contributed by atoms with Crippen molar-refractivity contribution in [1.29, 1.82) is 0 Å². The number of hydrogen-bond donors (Lipinski definition) is 0. The number of rotatable bonds is 6. The number of benzene rings is 2. The van der Waals surface area contributed by atoms with Gasteiger partial charge in [0.1, 0.15) is 5.82 Å². The Hall–Kier alpha value is -2.64. The van der Waals surface area contributed by atoms with Crippen molar-refractivity contribution in [2.75, 3.05) is 33.2 Å². The molecule has 6 rings (SSSR count). The molecule has 43 heavy (non-hydrogen) atoms. The van der Waals surface area contributed by atoms with E-state index >= 15 is 0 Å². The van der Waals surface area contributed by atoms with Gasteiger partial charge in [-0.1, -0.05) is 61.2 Å². The lowest BCUT2D eigenvalue weighted by Crippen LogP contribution is -2.50. The number of halogens is 3. The Morgan fingerprint density at radius 1 is 0.884 bits per heavy atom. The first kappa shape index (κ1) is 30.4. The van der Waals surface area contributed by atoms with Crippen molar-refractivity contribution in [2.24, 2.45) is 11.3 Å². The van der Waals surface area contributed by atoms with Crippen molar-refractivity contribution >= 4 is 40.9 Å². The molecule has 6 nitrogen and oxygen atoms in total. The molecule has 9 heteroatoms. The van der Waals surface area contributed by atoms with Crippen LogP contribution in [0.4, 0.5) is 4.39 Å². The summed E-state index contributed by atoms with van der Waals surface area (Å²) in [6.07, 6.45) is 6.50. The monoisotopic (exact) mass is 627 g/mol. The highest BCUT2D eigenvalue weighted by molar-refractivity contribution is 6.42. The van der Waals surface area contributed by atoms with E-state index in [9.17, 15) is 18.8 Å². The van der Waals surface area contributed by atoms with Crippen LogP contribution in [0.1, 0.15) is 75.3 Å². The summed E-state index contributed by atoms with van der Waals surface area (Å²) in [5.74, 6) is -0.282. The van der Waals surface area contributed by atoms with Crippen molar-refractivity contribution in [1.82, 2.24) is 14.7 Å². The molecule has 2 saturated carbocycles. The van der Waals surface area contributed by atoms with Gasteiger partial charge >= 0.3 is 0 Å². The highest BCUT2D eigenvalue weighted by Gasteiger charge is 2.50. The van der Waals surface area contributed by atoms with Crippen LogP contribution in [0.3, 0.4) is 0 Å². The molecule has 2 unspecified atom stereocenters. The molecule has 0 bridgehead atoms.